The molecule has 0 aliphatic rings. The molecule has 0 aromatic heterocycles. The molecular weight excluding hydrogens is 280 g/mol. The van der Waals surface area contributed by atoms with Gasteiger partial charge in [-0.25, -0.2) is 0 Å². The van der Waals surface area contributed by atoms with E-state index in [0.29, 0.717) is 5.25 Å². The second-order valence-electron chi connectivity index (χ2n) is 4.06. The molecule has 0 nitrogen and oxygen atoms in total. The molecule has 0 saturated heterocycles. The van der Waals surface area contributed by atoms with E-state index in [4.69, 9.17) is 0 Å². The molecule has 0 saturated carbocycles. The first-order chi connectivity index (χ1) is 7.70. The van der Waals surface area contributed by atoms with Crippen LogP contribution in [0, 0.1) is 0 Å². The third-order valence-electron chi connectivity index (χ3n) is 2.77. The van der Waals surface area contributed by atoms with Crippen LogP contribution in [0.1, 0.15) is 30.6 Å². The van der Waals surface area contributed by atoms with Crippen molar-refractivity contribution in [3.8, 4) is 0 Å². The Bertz CT molecular complexity index is 493. The van der Waals surface area contributed by atoms with E-state index in [-0.39, 0.29) is 0 Å². The van der Waals surface area contributed by atoms with Crippen LogP contribution in [0.2, 0.25) is 0 Å². The molecule has 1 atom stereocenters. The summed E-state index contributed by atoms with van der Waals surface area (Å²) in [4.78, 5) is 0. The Morgan fingerprint density at radius 3 is 2.56 bits per heavy atom. The molecule has 0 aliphatic carbocycles. The van der Waals surface area contributed by atoms with Crippen molar-refractivity contribution in [1.29, 1.82) is 0 Å². The van der Waals surface area contributed by atoms with Crippen LogP contribution in [-0.4, -0.2) is 0 Å². The maximum absolute atomic E-state index is 4.64. The minimum absolute atomic E-state index is 0.359. The van der Waals surface area contributed by atoms with Crippen molar-refractivity contribution in [2.45, 2.75) is 25.0 Å². The van der Waals surface area contributed by atoms with E-state index in [0.717, 1.165) is 10.9 Å². The van der Waals surface area contributed by atoms with Crippen LogP contribution < -0.4 is 0 Å². The van der Waals surface area contributed by atoms with E-state index in [1.165, 1.54) is 22.8 Å². The van der Waals surface area contributed by atoms with Gasteiger partial charge in [-0.1, -0.05) is 53.5 Å². The zero-order valence-corrected chi connectivity index (χ0v) is 11.8. The molecule has 2 rings (SSSR count). The molecule has 0 aliphatic heterocycles. The van der Waals surface area contributed by atoms with Crippen molar-refractivity contribution in [3.63, 3.8) is 0 Å². The Morgan fingerprint density at radius 2 is 1.81 bits per heavy atom. The van der Waals surface area contributed by atoms with Crippen molar-refractivity contribution in [3.05, 3.63) is 46.4 Å². The maximum atomic E-state index is 4.64. The lowest BCUT2D eigenvalue weighted by atomic mass is 10.0. The molecule has 2 heteroatoms. The number of hydrogen-bond donors (Lipinski definition) is 1. The summed E-state index contributed by atoms with van der Waals surface area (Å²) in [6.45, 7) is 2.20. The average molecular weight is 295 g/mol. The Labute approximate surface area is 111 Å². The Balaban J connectivity index is 2.40. The van der Waals surface area contributed by atoms with Crippen LogP contribution in [0.3, 0.4) is 0 Å². The van der Waals surface area contributed by atoms with E-state index in [1.807, 2.05) is 0 Å². The smallest absolute Gasteiger partial charge is 0.0267 e. The Morgan fingerprint density at radius 1 is 1.12 bits per heavy atom. The number of halogens is 1. The summed E-state index contributed by atoms with van der Waals surface area (Å²) in [7, 11) is 0. The fourth-order valence-corrected chi connectivity index (χ4v) is 2.68. The van der Waals surface area contributed by atoms with Crippen molar-refractivity contribution >= 4 is 39.3 Å². The first kappa shape index (κ1) is 12.0. The van der Waals surface area contributed by atoms with Crippen molar-refractivity contribution < 1.29 is 0 Å². The summed E-state index contributed by atoms with van der Waals surface area (Å²) >= 11 is 8.13. The molecule has 0 N–H and O–H groups in total. The van der Waals surface area contributed by atoms with Crippen LogP contribution in [0.4, 0.5) is 0 Å². The van der Waals surface area contributed by atoms with Gasteiger partial charge in [0.1, 0.15) is 0 Å². The third kappa shape index (κ3) is 2.61. The highest BCUT2D eigenvalue weighted by Gasteiger charge is 2.05. The van der Waals surface area contributed by atoms with Crippen molar-refractivity contribution in [2.75, 3.05) is 0 Å². The standard InChI is InChI=1S/C14H15BrS/c1-2-3-14(16)12-5-4-11-9-13(15)7-6-10(11)8-12/h4-9,14,16H,2-3H2,1H3. The van der Waals surface area contributed by atoms with Crippen LogP contribution in [0.15, 0.2) is 40.9 Å². The maximum Gasteiger partial charge on any atom is 0.0267 e. The predicted octanol–water partition coefficient (Wildman–Crippen LogP) is 5.37. The Kier molecular flexibility index (Phi) is 3.93. The number of thiol groups is 1. The molecule has 1 unspecified atom stereocenters. The van der Waals surface area contributed by atoms with Crippen LogP contribution in [0.25, 0.3) is 10.8 Å². The normalized spacial score (nSPS) is 12.9. The first-order valence-electron chi connectivity index (χ1n) is 5.58. The fraction of sp³-hybridized carbons (Fsp3) is 0.286. The van der Waals surface area contributed by atoms with E-state index in [1.54, 1.807) is 0 Å². The van der Waals surface area contributed by atoms with E-state index >= 15 is 0 Å². The predicted molar refractivity (Wildman–Crippen MR) is 78.3 cm³/mol. The van der Waals surface area contributed by atoms with Gasteiger partial charge in [0.05, 0.1) is 0 Å². The molecule has 0 heterocycles. The van der Waals surface area contributed by atoms with Gasteiger partial charge in [-0.15, -0.1) is 0 Å². The minimum Gasteiger partial charge on any atom is -0.171 e. The average Bonchev–Trinajstić information content (AvgIpc) is 2.28. The van der Waals surface area contributed by atoms with Gasteiger partial charge < -0.3 is 0 Å². The van der Waals surface area contributed by atoms with Crippen LogP contribution >= 0.6 is 28.6 Å². The van der Waals surface area contributed by atoms with Crippen molar-refractivity contribution in [2.24, 2.45) is 0 Å². The molecule has 2 aromatic carbocycles. The number of rotatable bonds is 3. The number of fused-ring (bicyclic) bond motifs is 1. The fourth-order valence-electron chi connectivity index (χ4n) is 1.88. The molecule has 0 fully saturated rings. The summed E-state index contributed by atoms with van der Waals surface area (Å²) < 4.78 is 1.13. The molecule has 2 aromatic rings. The van der Waals surface area contributed by atoms with Gasteiger partial charge in [0.2, 0.25) is 0 Å². The van der Waals surface area contributed by atoms with E-state index in [9.17, 15) is 0 Å². The lowest BCUT2D eigenvalue weighted by molar-refractivity contribution is 0.783. The molecule has 84 valence electrons. The van der Waals surface area contributed by atoms with Gasteiger partial charge in [0.25, 0.3) is 0 Å². The summed E-state index contributed by atoms with van der Waals surface area (Å²) in [6, 6.07) is 13.0. The largest absolute Gasteiger partial charge is 0.171 e. The monoisotopic (exact) mass is 294 g/mol. The van der Waals surface area contributed by atoms with Gasteiger partial charge in [-0.3, -0.25) is 0 Å². The first-order valence-corrected chi connectivity index (χ1v) is 6.89. The molecule has 0 spiro atoms. The second kappa shape index (κ2) is 5.24. The zero-order chi connectivity index (χ0) is 11.5. The van der Waals surface area contributed by atoms with Crippen LogP contribution in [0.5, 0.6) is 0 Å². The Hall–Kier alpha value is -0.470. The van der Waals surface area contributed by atoms with Gasteiger partial charge in [-0.05, 0) is 34.9 Å². The molecule has 16 heavy (non-hydrogen) atoms. The summed E-state index contributed by atoms with van der Waals surface area (Å²) in [5.41, 5.74) is 1.32. The summed E-state index contributed by atoms with van der Waals surface area (Å²) in [5, 5.41) is 2.92. The molecular formula is C14H15BrS. The van der Waals surface area contributed by atoms with Gasteiger partial charge >= 0.3 is 0 Å². The molecule has 0 amide bonds. The lowest BCUT2D eigenvalue weighted by Crippen LogP contribution is -1.89. The number of hydrogen-bond acceptors (Lipinski definition) is 1. The highest BCUT2D eigenvalue weighted by molar-refractivity contribution is 9.10. The second-order valence-corrected chi connectivity index (χ2v) is 5.59. The van der Waals surface area contributed by atoms with E-state index in [2.05, 4.69) is 71.9 Å². The van der Waals surface area contributed by atoms with Crippen LogP contribution in [-0.2, 0) is 0 Å². The SMILES string of the molecule is CCCC(S)c1ccc2cc(Br)ccc2c1. The zero-order valence-electron chi connectivity index (χ0n) is 9.28. The van der Waals surface area contributed by atoms with E-state index < -0.39 is 0 Å². The minimum atomic E-state index is 0.359. The summed E-state index contributed by atoms with van der Waals surface area (Å²) in [5.74, 6) is 0. The van der Waals surface area contributed by atoms with Gasteiger partial charge in [0.15, 0.2) is 0 Å². The quantitative estimate of drug-likeness (QED) is 0.723. The third-order valence-corrected chi connectivity index (χ3v) is 3.82. The molecule has 0 bridgehead atoms. The lowest BCUT2D eigenvalue weighted by Gasteiger charge is -2.10. The highest BCUT2D eigenvalue weighted by Crippen LogP contribution is 2.28. The summed E-state index contributed by atoms with van der Waals surface area (Å²) in [6.07, 6.45) is 2.30. The molecule has 0 radical (unpaired) electrons. The topological polar surface area (TPSA) is 0 Å². The van der Waals surface area contributed by atoms with Crippen molar-refractivity contribution in [1.82, 2.24) is 0 Å². The van der Waals surface area contributed by atoms with Gasteiger partial charge in [0, 0.05) is 9.72 Å². The highest BCUT2D eigenvalue weighted by atomic mass is 79.9. The van der Waals surface area contributed by atoms with Gasteiger partial charge in [-0.2, -0.15) is 12.6 Å². The number of benzene rings is 2.